The van der Waals surface area contributed by atoms with Crippen LogP contribution < -0.4 is 10.2 Å². The summed E-state index contributed by atoms with van der Waals surface area (Å²) in [7, 11) is 0. The van der Waals surface area contributed by atoms with Crippen molar-refractivity contribution in [3.8, 4) is 0 Å². The molecule has 1 fully saturated rings. The van der Waals surface area contributed by atoms with E-state index in [1.165, 1.54) is 50.2 Å². The van der Waals surface area contributed by atoms with E-state index in [9.17, 15) is 0 Å². The molecular weight excluding hydrogens is 258 g/mol. The molecule has 1 aromatic heterocycles. The molecule has 3 heteroatoms. The molecular formula is C18H31N3. The number of nitrogens with zero attached hydrogens (tertiary/aromatic N) is 2. The van der Waals surface area contributed by atoms with Crippen LogP contribution in [0, 0.1) is 11.8 Å². The van der Waals surface area contributed by atoms with Gasteiger partial charge in [0, 0.05) is 31.4 Å². The van der Waals surface area contributed by atoms with Crippen LogP contribution in [0.15, 0.2) is 18.3 Å². The minimum atomic E-state index is 0.690. The van der Waals surface area contributed by atoms with E-state index in [1.807, 2.05) is 6.20 Å². The maximum absolute atomic E-state index is 4.66. The summed E-state index contributed by atoms with van der Waals surface area (Å²) in [5, 5.41) is 3.54. The van der Waals surface area contributed by atoms with Gasteiger partial charge in [-0.05, 0) is 37.3 Å². The van der Waals surface area contributed by atoms with Crippen molar-refractivity contribution in [1.82, 2.24) is 10.3 Å². The fourth-order valence-electron chi connectivity index (χ4n) is 3.19. The molecule has 0 atom stereocenters. The highest BCUT2D eigenvalue weighted by Crippen LogP contribution is 2.26. The van der Waals surface area contributed by atoms with Crippen molar-refractivity contribution < 1.29 is 0 Å². The third-order valence-electron chi connectivity index (χ3n) is 4.35. The zero-order chi connectivity index (χ0) is 15.1. The molecule has 0 saturated carbocycles. The Bertz CT molecular complexity index is 409. The van der Waals surface area contributed by atoms with Crippen molar-refractivity contribution in [2.45, 2.75) is 53.0 Å². The highest BCUT2D eigenvalue weighted by molar-refractivity contribution is 5.47. The first-order chi connectivity index (χ1) is 10.2. The SMILES string of the molecule is CCCC1CCN(c2ncccc2CNCC(C)C)CC1. The molecule has 1 saturated heterocycles. The molecule has 0 spiro atoms. The van der Waals surface area contributed by atoms with Gasteiger partial charge in [0.2, 0.25) is 0 Å². The Balaban J connectivity index is 1.93. The number of hydrogen-bond acceptors (Lipinski definition) is 3. The molecule has 0 bridgehead atoms. The highest BCUT2D eigenvalue weighted by Gasteiger charge is 2.21. The van der Waals surface area contributed by atoms with Crippen LogP contribution in [0.25, 0.3) is 0 Å². The first-order valence-electron chi connectivity index (χ1n) is 8.60. The van der Waals surface area contributed by atoms with Gasteiger partial charge in [0.15, 0.2) is 0 Å². The quantitative estimate of drug-likeness (QED) is 0.826. The maximum Gasteiger partial charge on any atom is 0.133 e. The van der Waals surface area contributed by atoms with Crippen molar-refractivity contribution in [2.24, 2.45) is 11.8 Å². The summed E-state index contributed by atoms with van der Waals surface area (Å²) in [5.41, 5.74) is 1.34. The number of piperidine rings is 1. The van der Waals surface area contributed by atoms with Crippen LogP contribution in [0.3, 0.4) is 0 Å². The van der Waals surface area contributed by atoms with Crippen LogP contribution in [-0.2, 0) is 6.54 Å². The van der Waals surface area contributed by atoms with E-state index in [1.54, 1.807) is 0 Å². The highest BCUT2D eigenvalue weighted by atomic mass is 15.2. The van der Waals surface area contributed by atoms with Crippen LogP contribution in [0.4, 0.5) is 5.82 Å². The van der Waals surface area contributed by atoms with Gasteiger partial charge in [-0.3, -0.25) is 0 Å². The Labute approximate surface area is 130 Å². The monoisotopic (exact) mass is 289 g/mol. The smallest absolute Gasteiger partial charge is 0.133 e. The second kappa shape index (κ2) is 8.38. The van der Waals surface area contributed by atoms with Crippen LogP contribution in [0.5, 0.6) is 0 Å². The first kappa shape index (κ1) is 16.3. The van der Waals surface area contributed by atoms with Gasteiger partial charge < -0.3 is 10.2 Å². The van der Waals surface area contributed by atoms with Gasteiger partial charge in [-0.1, -0.05) is 39.7 Å². The van der Waals surface area contributed by atoms with Crippen molar-refractivity contribution in [2.75, 3.05) is 24.5 Å². The number of nitrogens with one attached hydrogen (secondary N) is 1. The van der Waals surface area contributed by atoms with Gasteiger partial charge in [0.05, 0.1) is 0 Å². The van der Waals surface area contributed by atoms with Crippen molar-refractivity contribution in [1.29, 1.82) is 0 Å². The lowest BCUT2D eigenvalue weighted by molar-refractivity contribution is 0.377. The summed E-state index contributed by atoms with van der Waals surface area (Å²) in [6.45, 7) is 11.1. The summed E-state index contributed by atoms with van der Waals surface area (Å²) in [6.07, 6.45) is 7.28. The van der Waals surface area contributed by atoms with Crippen LogP contribution >= 0.6 is 0 Å². The molecule has 118 valence electrons. The normalized spacial score (nSPS) is 16.7. The van der Waals surface area contributed by atoms with Gasteiger partial charge >= 0.3 is 0 Å². The fourth-order valence-corrected chi connectivity index (χ4v) is 3.19. The minimum absolute atomic E-state index is 0.690. The Hall–Kier alpha value is -1.09. The first-order valence-corrected chi connectivity index (χ1v) is 8.60. The van der Waals surface area contributed by atoms with Crippen LogP contribution in [-0.4, -0.2) is 24.6 Å². The molecule has 1 N–H and O–H groups in total. The average Bonchev–Trinajstić information content (AvgIpc) is 2.49. The fraction of sp³-hybridized carbons (Fsp3) is 0.722. The van der Waals surface area contributed by atoms with Gasteiger partial charge in [-0.2, -0.15) is 0 Å². The standard InChI is InChI=1S/C18H31N3/c1-4-6-16-8-11-21(12-9-16)18-17(7-5-10-20-18)14-19-13-15(2)3/h5,7,10,15-16,19H,4,6,8-9,11-14H2,1-3H3. The predicted molar refractivity (Wildman–Crippen MR) is 90.6 cm³/mol. The van der Waals surface area contributed by atoms with E-state index in [0.717, 1.165) is 19.0 Å². The second-order valence-corrected chi connectivity index (χ2v) is 6.73. The maximum atomic E-state index is 4.66. The lowest BCUT2D eigenvalue weighted by Gasteiger charge is -2.33. The largest absolute Gasteiger partial charge is 0.356 e. The number of aromatic nitrogens is 1. The lowest BCUT2D eigenvalue weighted by Crippen LogP contribution is -2.35. The second-order valence-electron chi connectivity index (χ2n) is 6.73. The molecule has 1 aliphatic heterocycles. The van der Waals surface area contributed by atoms with Gasteiger partial charge in [-0.15, -0.1) is 0 Å². The lowest BCUT2D eigenvalue weighted by atomic mass is 9.92. The Morgan fingerprint density at radius 2 is 2.10 bits per heavy atom. The topological polar surface area (TPSA) is 28.2 Å². The molecule has 0 aromatic carbocycles. The van der Waals surface area contributed by atoms with E-state index in [-0.39, 0.29) is 0 Å². The van der Waals surface area contributed by atoms with E-state index < -0.39 is 0 Å². The third-order valence-corrected chi connectivity index (χ3v) is 4.35. The summed E-state index contributed by atoms with van der Waals surface area (Å²) in [5.74, 6) is 2.82. The van der Waals surface area contributed by atoms with E-state index in [4.69, 9.17) is 0 Å². The van der Waals surface area contributed by atoms with Crippen LogP contribution in [0.2, 0.25) is 0 Å². The van der Waals surface area contributed by atoms with Crippen LogP contribution in [0.1, 0.15) is 52.0 Å². The third kappa shape index (κ3) is 4.99. The Kier molecular flexibility index (Phi) is 6.50. The Morgan fingerprint density at radius 1 is 1.33 bits per heavy atom. The average molecular weight is 289 g/mol. The van der Waals surface area contributed by atoms with Crippen molar-refractivity contribution in [3.05, 3.63) is 23.9 Å². The number of hydrogen-bond donors (Lipinski definition) is 1. The van der Waals surface area contributed by atoms with E-state index in [0.29, 0.717) is 5.92 Å². The van der Waals surface area contributed by atoms with Crippen molar-refractivity contribution >= 4 is 5.82 Å². The molecule has 2 heterocycles. The minimum Gasteiger partial charge on any atom is -0.356 e. The number of pyridine rings is 1. The number of anilines is 1. The molecule has 0 radical (unpaired) electrons. The summed E-state index contributed by atoms with van der Waals surface area (Å²) >= 11 is 0. The Morgan fingerprint density at radius 3 is 2.76 bits per heavy atom. The summed E-state index contributed by atoms with van der Waals surface area (Å²) < 4.78 is 0. The van der Waals surface area contributed by atoms with Gasteiger partial charge in [0.1, 0.15) is 5.82 Å². The zero-order valence-corrected chi connectivity index (χ0v) is 13.9. The molecule has 3 nitrogen and oxygen atoms in total. The molecule has 0 aliphatic carbocycles. The molecule has 2 rings (SSSR count). The van der Waals surface area contributed by atoms with Crippen molar-refractivity contribution in [3.63, 3.8) is 0 Å². The van der Waals surface area contributed by atoms with Gasteiger partial charge in [0.25, 0.3) is 0 Å². The van der Waals surface area contributed by atoms with Gasteiger partial charge in [-0.25, -0.2) is 4.98 Å². The molecule has 0 unspecified atom stereocenters. The number of rotatable bonds is 7. The molecule has 1 aliphatic rings. The molecule has 1 aromatic rings. The summed E-state index contributed by atoms with van der Waals surface area (Å²) in [4.78, 5) is 7.14. The zero-order valence-electron chi connectivity index (χ0n) is 13.9. The predicted octanol–water partition coefficient (Wildman–Crippen LogP) is 3.84. The molecule has 0 amide bonds. The van der Waals surface area contributed by atoms with E-state index in [2.05, 4.69) is 48.1 Å². The molecule has 21 heavy (non-hydrogen) atoms. The summed E-state index contributed by atoms with van der Waals surface area (Å²) in [6, 6.07) is 4.27. The van der Waals surface area contributed by atoms with E-state index >= 15 is 0 Å².